The molecule has 144 valence electrons. The zero-order valence-electron chi connectivity index (χ0n) is 14.8. The number of benzene rings is 1. The number of carboxylic acids is 1. The lowest BCUT2D eigenvalue weighted by Crippen LogP contribution is -2.27. The molecule has 3 aromatic rings. The van der Waals surface area contributed by atoms with E-state index in [9.17, 15) is 18.3 Å². The number of fused-ring (bicyclic) bond motifs is 1. The first kappa shape index (κ1) is 18.7. The van der Waals surface area contributed by atoms with Gasteiger partial charge in [-0.25, -0.2) is 18.2 Å². The number of carbonyl (C=O) groups is 1. The molecule has 0 atom stereocenters. The molecule has 9 heteroatoms. The van der Waals surface area contributed by atoms with Gasteiger partial charge in [0.2, 0.25) is 0 Å². The first-order valence-corrected chi connectivity index (χ1v) is 11.0. The molecule has 28 heavy (non-hydrogen) atoms. The Balaban J connectivity index is 1.71. The van der Waals surface area contributed by atoms with E-state index in [1.54, 1.807) is 6.07 Å². The van der Waals surface area contributed by atoms with Gasteiger partial charge in [-0.1, -0.05) is 12.1 Å². The molecular formula is C19H17N3O4S2. The molecule has 1 fully saturated rings. The lowest BCUT2D eigenvalue weighted by atomic mass is 10.2. The summed E-state index contributed by atoms with van der Waals surface area (Å²) in [4.78, 5) is 20.9. The van der Waals surface area contributed by atoms with Crippen molar-refractivity contribution in [3.05, 3.63) is 53.2 Å². The Morgan fingerprint density at radius 2 is 1.82 bits per heavy atom. The van der Waals surface area contributed by atoms with Crippen LogP contribution in [0, 0.1) is 0 Å². The minimum Gasteiger partial charge on any atom is -0.478 e. The van der Waals surface area contributed by atoms with Crippen LogP contribution in [0.3, 0.4) is 0 Å². The molecule has 4 rings (SSSR count). The third kappa shape index (κ3) is 3.56. The minimum absolute atomic E-state index is 0.0162. The highest BCUT2D eigenvalue weighted by atomic mass is 32.2. The second-order valence-electron chi connectivity index (χ2n) is 6.38. The summed E-state index contributed by atoms with van der Waals surface area (Å²) in [7, 11) is -3.58. The molecule has 1 aliphatic heterocycles. The van der Waals surface area contributed by atoms with Crippen molar-refractivity contribution in [3.63, 3.8) is 0 Å². The summed E-state index contributed by atoms with van der Waals surface area (Å²) in [5.41, 5.74) is 1.75. The van der Waals surface area contributed by atoms with E-state index >= 15 is 0 Å². The maximum atomic E-state index is 12.7. The van der Waals surface area contributed by atoms with Crippen molar-refractivity contribution in [1.29, 1.82) is 0 Å². The van der Waals surface area contributed by atoms with E-state index < -0.39 is 16.0 Å². The van der Waals surface area contributed by atoms with Gasteiger partial charge in [-0.3, -0.25) is 4.98 Å². The minimum atomic E-state index is -3.58. The molecule has 0 amide bonds. The first-order chi connectivity index (χ1) is 13.4. The third-order valence-corrected chi connectivity index (χ3v) is 7.98. The number of carboxylic acid groups (broad SMARTS) is 1. The fourth-order valence-corrected chi connectivity index (χ4v) is 6.07. The molecule has 3 heterocycles. The average molecular weight is 415 g/mol. The molecule has 1 aliphatic rings. The van der Waals surface area contributed by atoms with Crippen LogP contribution in [-0.4, -0.2) is 46.9 Å². The molecule has 7 nitrogen and oxygen atoms in total. The van der Waals surface area contributed by atoms with Gasteiger partial charge in [-0.15, -0.1) is 11.3 Å². The van der Waals surface area contributed by atoms with E-state index in [0.717, 1.165) is 24.2 Å². The molecule has 0 unspecified atom stereocenters. The number of thiophene rings is 1. The van der Waals surface area contributed by atoms with Gasteiger partial charge in [0.1, 0.15) is 4.21 Å². The quantitative estimate of drug-likeness (QED) is 0.643. The summed E-state index contributed by atoms with van der Waals surface area (Å²) in [5, 5.41) is 9.66. The number of hydrogen-bond acceptors (Lipinski definition) is 6. The predicted molar refractivity (Wildman–Crippen MR) is 107 cm³/mol. The average Bonchev–Trinajstić information content (AvgIpc) is 3.38. The van der Waals surface area contributed by atoms with Crippen molar-refractivity contribution in [2.75, 3.05) is 13.1 Å². The highest BCUT2D eigenvalue weighted by Gasteiger charge is 2.29. The molecule has 1 saturated heterocycles. The van der Waals surface area contributed by atoms with Crippen molar-refractivity contribution >= 4 is 50.0 Å². The topological polar surface area (TPSA) is 100 Å². The van der Waals surface area contributed by atoms with Crippen LogP contribution in [0.5, 0.6) is 0 Å². The van der Waals surface area contributed by atoms with Gasteiger partial charge in [-0.2, -0.15) is 4.31 Å². The Morgan fingerprint density at radius 1 is 1.11 bits per heavy atom. The zero-order chi connectivity index (χ0) is 19.7. The number of aliphatic carboxylic acids is 1. The summed E-state index contributed by atoms with van der Waals surface area (Å²) in [5.74, 6) is -1.15. The van der Waals surface area contributed by atoms with Gasteiger partial charge in [0.25, 0.3) is 10.0 Å². The van der Waals surface area contributed by atoms with Gasteiger partial charge in [0.05, 0.1) is 28.5 Å². The number of hydrogen-bond donors (Lipinski definition) is 1. The Kier molecular flexibility index (Phi) is 4.96. The second kappa shape index (κ2) is 7.42. The zero-order valence-corrected chi connectivity index (χ0v) is 16.4. The molecule has 0 saturated carbocycles. The van der Waals surface area contributed by atoms with Crippen molar-refractivity contribution in [3.8, 4) is 0 Å². The number of sulfonamides is 1. The van der Waals surface area contributed by atoms with Crippen LogP contribution in [0.4, 0.5) is 0 Å². The number of rotatable bonds is 5. The van der Waals surface area contributed by atoms with Crippen LogP contribution in [0.25, 0.3) is 22.7 Å². The van der Waals surface area contributed by atoms with Gasteiger partial charge in [0, 0.05) is 18.0 Å². The normalized spacial score (nSPS) is 15.9. The van der Waals surface area contributed by atoms with E-state index in [-0.39, 0.29) is 9.78 Å². The van der Waals surface area contributed by atoms with Crippen molar-refractivity contribution in [2.45, 2.75) is 17.1 Å². The fraction of sp³-hybridized carbons (Fsp3) is 0.211. The lowest BCUT2D eigenvalue weighted by molar-refractivity contribution is -0.130. The van der Waals surface area contributed by atoms with E-state index in [1.165, 1.54) is 28.7 Å². The standard InChI is InChI=1S/C19H17N3O4S2/c23-19(24)14(11-13-12-20-15-5-1-2-6-16(15)21-13)17-7-8-18(27-17)28(25,26)22-9-3-4-10-22/h1-2,5-8,11-12H,3-4,9-10H2,(H,23,24)/b14-11-. The van der Waals surface area contributed by atoms with Gasteiger partial charge < -0.3 is 5.11 Å². The predicted octanol–water partition coefficient (Wildman–Crippen LogP) is 3.10. The van der Waals surface area contributed by atoms with Crippen LogP contribution < -0.4 is 0 Å². The van der Waals surface area contributed by atoms with E-state index in [0.29, 0.717) is 34.7 Å². The number of nitrogens with zero attached hydrogens (tertiary/aromatic N) is 3. The molecule has 2 aromatic heterocycles. The van der Waals surface area contributed by atoms with Crippen LogP contribution in [0.2, 0.25) is 0 Å². The molecular weight excluding hydrogens is 398 g/mol. The smallest absolute Gasteiger partial charge is 0.337 e. The van der Waals surface area contributed by atoms with Crippen molar-refractivity contribution < 1.29 is 18.3 Å². The summed E-state index contributed by atoms with van der Waals surface area (Å²) in [6.45, 7) is 1.01. The van der Waals surface area contributed by atoms with Crippen LogP contribution >= 0.6 is 11.3 Å². The largest absolute Gasteiger partial charge is 0.478 e. The molecule has 1 aromatic carbocycles. The van der Waals surface area contributed by atoms with Gasteiger partial charge in [-0.05, 0) is 43.2 Å². The summed E-state index contributed by atoms with van der Waals surface area (Å²) < 4.78 is 27.0. The van der Waals surface area contributed by atoms with Gasteiger partial charge >= 0.3 is 5.97 Å². The SMILES string of the molecule is O=C(O)/C(=C\c1cnc2ccccc2n1)c1ccc(S(=O)(=O)N2CCCC2)s1. The van der Waals surface area contributed by atoms with E-state index in [1.807, 2.05) is 18.2 Å². The summed E-state index contributed by atoms with van der Waals surface area (Å²) in [6.07, 6.45) is 4.61. The van der Waals surface area contributed by atoms with Crippen molar-refractivity contribution in [2.24, 2.45) is 0 Å². The van der Waals surface area contributed by atoms with Crippen LogP contribution in [0.1, 0.15) is 23.4 Å². The fourth-order valence-electron chi connectivity index (χ4n) is 3.09. The molecule has 0 spiro atoms. The number of aromatic nitrogens is 2. The maximum absolute atomic E-state index is 12.7. The van der Waals surface area contributed by atoms with E-state index in [2.05, 4.69) is 9.97 Å². The molecule has 0 radical (unpaired) electrons. The van der Waals surface area contributed by atoms with Gasteiger partial charge in [0.15, 0.2) is 0 Å². The first-order valence-electron chi connectivity index (χ1n) is 8.72. The highest BCUT2D eigenvalue weighted by molar-refractivity contribution is 7.91. The summed E-state index contributed by atoms with van der Waals surface area (Å²) >= 11 is 0.959. The Hall–Kier alpha value is -2.62. The maximum Gasteiger partial charge on any atom is 0.337 e. The Labute approximate surface area is 166 Å². The third-order valence-electron chi connectivity index (χ3n) is 4.50. The monoisotopic (exact) mass is 415 g/mol. The Bertz CT molecular complexity index is 1180. The second-order valence-corrected chi connectivity index (χ2v) is 9.63. The van der Waals surface area contributed by atoms with Crippen LogP contribution in [-0.2, 0) is 14.8 Å². The molecule has 1 N–H and O–H groups in total. The summed E-state index contributed by atoms with van der Waals surface area (Å²) in [6, 6.07) is 10.3. The van der Waals surface area contributed by atoms with E-state index in [4.69, 9.17) is 0 Å². The highest BCUT2D eigenvalue weighted by Crippen LogP contribution is 2.32. The Morgan fingerprint density at radius 3 is 2.54 bits per heavy atom. The number of para-hydroxylation sites is 2. The van der Waals surface area contributed by atoms with Crippen molar-refractivity contribution in [1.82, 2.24) is 14.3 Å². The molecule has 0 aliphatic carbocycles. The lowest BCUT2D eigenvalue weighted by Gasteiger charge is -2.13. The molecule has 0 bridgehead atoms. The van der Waals surface area contributed by atoms with Crippen LogP contribution in [0.15, 0.2) is 46.8 Å².